The van der Waals surface area contributed by atoms with Crippen molar-refractivity contribution in [3.63, 3.8) is 0 Å². The maximum Gasteiger partial charge on any atom is 0.321 e. The summed E-state index contributed by atoms with van der Waals surface area (Å²) in [5.74, 6) is -2.64. The Morgan fingerprint density at radius 2 is 1.54 bits per heavy atom. The van der Waals surface area contributed by atoms with E-state index in [2.05, 4.69) is 30.7 Å². The quantitative estimate of drug-likeness (QED) is 0.155. The first-order chi connectivity index (χ1) is 21.9. The van der Waals surface area contributed by atoms with Gasteiger partial charge in [-0.05, 0) is 69.4 Å². The second-order valence-electron chi connectivity index (χ2n) is 13.0. The van der Waals surface area contributed by atoms with E-state index in [-0.39, 0.29) is 47.6 Å². The van der Waals surface area contributed by atoms with E-state index in [0.717, 1.165) is 45.7 Å². The Bertz CT molecular complexity index is 1990. The summed E-state index contributed by atoms with van der Waals surface area (Å²) >= 11 is 0. The number of ketones is 2. The normalized spacial score (nSPS) is 21.9. The van der Waals surface area contributed by atoms with Crippen LogP contribution < -0.4 is 5.73 Å². The van der Waals surface area contributed by atoms with Crippen LogP contribution in [0.3, 0.4) is 0 Å². The van der Waals surface area contributed by atoms with Crippen LogP contribution >= 0.6 is 0 Å². The number of H-pyrrole nitrogens is 2. The molecule has 0 saturated carbocycles. The highest BCUT2D eigenvalue weighted by atomic mass is 16.5. The van der Waals surface area contributed by atoms with E-state index in [1.54, 1.807) is 6.92 Å². The van der Waals surface area contributed by atoms with Crippen LogP contribution in [0.15, 0.2) is 18.2 Å². The van der Waals surface area contributed by atoms with Gasteiger partial charge in [-0.1, -0.05) is 20.8 Å². The summed E-state index contributed by atoms with van der Waals surface area (Å²) in [4.78, 5) is 69.2. The lowest BCUT2D eigenvalue weighted by atomic mass is 9.83. The van der Waals surface area contributed by atoms with Crippen LogP contribution in [0, 0.1) is 13.8 Å². The van der Waals surface area contributed by atoms with Crippen LogP contribution in [0.5, 0.6) is 0 Å². The van der Waals surface area contributed by atoms with E-state index in [1.807, 2.05) is 32.0 Å². The van der Waals surface area contributed by atoms with Crippen molar-refractivity contribution in [3.8, 4) is 0 Å². The molecule has 1 unspecified atom stereocenters. The van der Waals surface area contributed by atoms with Crippen LogP contribution in [0.2, 0.25) is 0 Å². The number of hydrogen-bond acceptors (Lipinski definition) is 7. The number of aryl methyl sites for hydroxylation is 2. The molecule has 46 heavy (non-hydrogen) atoms. The molecule has 5 heterocycles. The minimum Gasteiger partial charge on any atom is -0.468 e. The van der Waals surface area contributed by atoms with Gasteiger partial charge in [-0.15, -0.1) is 0 Å². The largest absolute Gasteiger partial charge is 0.468 e. The van der Waals surface area contributed by atoms with E-state index in [0.29, 0.717) is 46.3 Å². The molecule has 3 aromatic rings. The topological polar surface area (TPSA) is 161 Å². The van der Waals surface area contributed by atoms with Crippen molar-refractivity contribution < 1.29 is 23.9 Å². The Morgan fingerprint density at radius 3 is 2.20 bits per heavy atom. The molecule has 8 bridgehead atoms. The third kappa shape index (κ3) is 4.85. The van der Waals surface area contributed by atoms with Crippen LogP contribution in [-0.4, -0.2) is 50.5 Å². The number of nitrogens with two attached hydrogens (primary N) is 1. The molecule has 6 rings (SSSR count). The van der Waals surface area contributed by atoms with Gasteiger partial charge in [-0.25, -0.2) is 0 Å². The molecule has 1 aliphatic carbocycles. The summed E-state index contributed by atoms with van der Waals surface area (Å²) in [5.41, 5.74) is 14.6. The molecule has 10 nitrogen and oxygen atoms in total. The molecule has 240 valence electrons. The van der Waals surface area contributed by atoms with Gasteiger partial charge in [-0.3, -0.25) is 29.1 Å². The summed E-state index contributed by atoms with van der Waals surface area (Å²) in [6.45, 7) is 11.7. The molecule has 3 aromatic heterocycles. The molecule has 0 spiro atoms. The van der Waals surface area contributed by atoms with E-state index >= 15 is 0 Å². The van der Waals surface area contributed by atoms with Crippen LogP contribution in [-0.2, 0) is 14.3 Å². The van der Waals surface area contributed by atoms with E-state index in [9.17, 15) is 19.2 Å². The van der Waals surface area contributed by atoms with Crippen molar-refractivity contribution in [3.05, 3.63) is 68.8 Å². The second-order valence-corrected chi connectivity index (χ2v) is 13.0. The average Bonchev–Trinajstić information content (AvgIpc) is 3.74. The Morgan fingerprint density at radius 1 is 0.913 bits per heavy atom. The molecule has 4 N–H and O–H groups in total. The van der Waals surface area contributed by atoms with Crippen molar-refractivity contribution in [1.29, 1.82) is 0 Å². The third-order valence-electron chi connectivity index (χ3n) is 10.4. The lowest BCUT2D eigenvalue weighted by molar-refractivity contribution is -0.141. The third-order valence-corrected chi connectivity index (χ3v) is 10.4. The average molecular weight is 624 g/mol. The first kappa shape index (κ1) is 31.4. The lowest BCUT2D eigenvalue weighted by Crippen LogP contribution is -2.21. The number of nitrogens with zero attached hydrogens (tertiary/aromatic N) is 2. The number of nitrogens with one attached hydrogen (secondary N) is 2. The van der Waals surface area contributed by atoms with Crippen molar-refractivity contribution in [2.75, 3.05) is 7.11 Å². The maximum absolute atomic E-state index is 14.1. The van der Waals surface area contributed by atoms with Gasteiger partial charge in [0.05, 0.1) is 23.8 Å². The number of ether oxygens (including phenoxy) is 1. The highest BCUT2D eigenvalue weighted by Gasteiger charge is 2.45. The monoisotopic (exact) mass is 623 g/mol. The van der Waals surface area contributed by atoms with Gasteiger partial charge in [0.15, 0.2) is 11.6 Å². The Hall–Kier alpha value is -4.60. The first-order valence-electron chi connectivity index (χ1n) is 16.1. The minimum absolute atomic E-state index is 0.0488. The number of esters is 1. The van der Waals surface area contributed by atoms with Gasteiger partial charge >= 0.3 is 5.97 Å². The number of aromatic amines is 2. The van der Waals surface area contributed by atoms with E-state index in [1.165, 1.54) is 7.11 Å². The standard InChI is InChI=1S/C36H41N5O5/c1-8-20-15(2)22-14-27-29(19(6)42)17(4)24(39-27)12-23-16(3)21(10-9-11-28(37)43)33(40-23)31-32(36(45)46-7)35(44)30-18(5)25(41-34(30)31)13-26(20)38-22/h12-16,20-21,32,39,41H,8-11H2,1-7H3,(H2,37,43)/t15-,16+,20-,21+,32?/m1/s1. The zero-order chi connectivity index (χ0) is 33.2. The van der Waals surface area contributed by atoms with Gasteiger partial charge in [0.1, 0.15) is 5.92 Å². The van der Waals surface area contributed by atoms with Gasteiger partial charge < -0.3 is 20.4 Å². The number of rotatable bonds is 7. The molecule has 0 saturated heterocycles. The number of aromatic nitrogens is 4. The fourth-order valence-corrected chi connectivity index (χ4v) is 7.83. The first-order valence-corrected chi connectivity index (χ1v) is 16.1. The molecule has 1 amide bonds. The number of fused-ring (bicyclic) bond motifs is 8. The molecule has 3 aliphatic rings. The highest BCUT2D eigenvalue weighted by Crippen LogP contribution is 2.48. The summed E-state index contributed by atoms with van der Waals surface area (Å²) in [5, 5.41) is 0. The molecule has 0 aromatic carbocycles. The fraction of sp³-hybridized carbons (Fsp3) is 0.444. The molecule has 10 heteroatoms. The SMILES string of the molecule is CC[C@H]1c2cc3[nH]c4c(c3C)C(=O)C(C(=O)OC)c4c3nc(cc4[nH]c(cc(n2)[C@@H]1C)c(C(C)=O)c4C)[C@@H](C)[C@@H]3CCCC(N)=O. The number of methoxy groups -OCH3 is 1. The zero-order valence-electron chi connectivity index (χ0n) is 27.5. The van der Waals surface area contributed by atoms with Crippen LogP contribution in [0.4, 0.5) is 0 Å². The number of Topliss-reactive ketones (excluding diaryl/α,β-unsaturated/α-hetero) is 2. The summed E-state index contributed by atoms with van der Waals surface area (Å²) < 4.78 is 5.17. The lowest BCUT2D eigenvalue weighted by Gasteiger charge is -2.18. The Labute approximate surface area is 267 Å². The van der Waals surface area contributed by atoms with Crippen molar-refractivity contribution in [2.45, 2.75) is 96.8 Å². The minimum atomic E-state index is -1.16. The number of primary amides is 1. The molecule has 5 atom stereocenters. The number of carbonyl (C=O) groups is 4. The van der Waals surface area contributed by atoms with Crippen molar-refractivity contribution >= 4 is 45.5 Å². The Balaban J connectivity index is 1.78. The van der Waals surface area contributed by atoms with Crippen molar-refractivity contribution in [1.82, 2.24) is 19.9 Å². The van der Waals surface area contributed by atoms with Gasteiger partial charge in [0.2, 0.25) is 5.91 Å². The van der Waals surface area contributed by atoms with Crippen LogP contribution in [0.25, 0.3) is 22.1 Å². The predicted octanol–water partition coefficient (Wildman–Crippen LogP) is 6.43. The predicted molar refractivity (Wildman–Crippen MR) is 175 cm³/mol. The molecular weight excluding hydrogens is 582 g/mol. The van der Waals surface area contributed by atoms with E-state index < -0.39 is 11.9 Å². The van der Waals surface area contributed by atoms with Crippen molar-refractivity contribution in [2.24, 2.45) is 5.73 Å². The van der Waals surface area contributed by atoms with E-state index in [4.69, 9.17) is 20.4 Å². The number of hydrogen-bond donors (Lipinski definition) is 3. The van der Waals surface area contributed by atoms with Gasteiger partial charge in [-0.2, -0.15) is 0 Å². The fourth-order valence-electron chi connectivity index (χ4n) is 7.83. The second kappa shape index (κ2) is 11.6. The zero-order valence-corrected chi connectivity index (χ0v) is 27.5. The van der Waals surface area contributed by atoms with Gasteiger partial charge in [0, 0.05) is 74.9 Å². The summed E-state index contributed by atoms with van der Waals surface area (Å²) in [6.07, 6.45) is 2.18. The smallest absolute Gasteiger partial charge is 0.321 e. The number of amides is 1. The maximum atomic E-state index is 14.1. The molecule has 2 aliphatic heterocycles. The summed E-state index contributed by atoms with van der Waals surface area (Å²) in [7, 11) is 1.28. The molecule has 0 radical (unpaired) electrons. The van der Waals surface area contributed by atoms with Crippen LogP contribution in [0.1, 0.15) is 143 Å². The Kier molecular flexibility index (Phi) is 7.94. The van der Waals surface area contributed by atoms with Gasteiger partial charge in [0.25, 0.3) is 0 Å². The molecule has 0 fully saturated rings. The summed E-state index contributed by atoms with van der Waals surface area (Å²) in [6, 6.07) is 5.96. The molecular formula is C36H41N5O5. The highest BCUT2D eigenvalue weighted by molar-refractivity contribution is 6.23. The number of carbonyl (C=O) groups excluding carboxylic acids is 4.